The van der Waals surface area contributed by atoms with E-state index in [0.717, 1.165) is 83.5 Å². The third-order valence-electron chi connectivity index (χ3n) is 8.95. The van der Waals surface area contributed by atoms with Crippen LogP contribution in [-0.2, 0) is 32.7 Å². The molecular formula is C48H83NO9P+. The van der Waals surface area contributed by atoms with E-state index in [1.807, 2.05) is 27.2 Å². The molecule has 338 valence electrons. The molecule has 0 aliphatic heterocycles. The van der Waals surface area contributed by atoms with Crippen molar-refractivity contribution in [1.29, 1.82) is 0 Å². The van der Waals surface area contributed by atoms with Crippen molar-refractivity contribution < 1.29 is 47.2 Å². The lowest BCUT2D eigenvalue weighted by Gasteiger charge is -2.24. The number of carbonyl (C=O) groups is 2. The average Bonchev–Trinajstić information content (AvgIpc) is 3.19. The van der Waals surface area contributed by atoms with Gasteiger partial charge in [0, 0.05) is 19.4 Å². The minimum atomic E-state index is -4.41. The van der Waals surface area contributed by atoms with Crippen molar-refractivity contribution in [3.05, 3.63) is 85.1 Å². The van der Waals surface area contributed by atoms with Gasteiger partial charge in [0.1, 0.15) is 19.8 Å². The van der Waals surface area contributed by atoms with Crippen LogP contribution in [0.3, 0.4) is 0 Å². The Morgan fingerprint density at radius 2 is 1.00 bits per heavy atom. The zero-order valence-corrected chi connectivity index (χ0v) is 38.3. The lowest BCUT2D eigenvalue weighted by atomic mass is 10.1. The Morgan fingerprint density at radius 3 is 1.49 bits per heavy atom. The van der Waals surface area contributed by atoms with Crippen molar-refractivity contribution in [2.75, 3.05) is 54.1 Å². The maximum atomic E-state index is 12.7. The highest BCUT2D eigenvalue weighted by atomic mass is 31.2. The summed E-state index contributed by atoms with van der Waals surface area (Å²) in [5, 5.41) is 8.80. The molecular weight excluding hydrogens is 765 g/mol. The predicted octanol–water partition coefficient (Wildman–Crippen LogP) is 11.8. The van der Waals surface area contributed by atoms with Crippen LogP contribution in [0.4, 0.5) is 0 Å². The second-order valence-corrected chi connectivity index (χ2v) is 17.3. The summed E-state index contributed by atoms with van der Waals surface area (Å²) in [6.07, 6.45) is 49.3. The molecule has 0 aliphatic rings. The minimum Gasteiger partial charge on any atom is -0.462 e. The average molecular weight is 849 g/mol. The van der Waals surface area contributed by atoms with Gasteiger partial charge in [-0.15, -0.1) is 0 Å². The van der Waals surface area contributed by atoms with Gasteiger partial charge in [0.15, 0.2) is 6.10 Å². The van der Waals surface area contributed by atoms with E-state index >= 15 is 0 Å². The largest absolute Gasteiger partial charge is 0.472 e. The molecule has 0 saturated heterocycles. The number of esters is 2. The van der Waals surface area contributed by atoms with Crippen LogP contribution >= 0.6 is 7.82 Å². The highest BCUT2D eigenvalue weighted by Crippen LogP contribution is 2.43. The Bertz CT molecular complexity index is 1280. The van der Waals surface area contributed by atoms with Gasteiger partial charge in [0.05, 0.1) is 27.7 Å². The Kier molecular flexibility index (Phi) is 38.6. The van der Waals surface area contributed by atoms with Crippen LogP contribution in [-0.4, -0.2) is 86.6 Å². The third kappa shape index (κ3) is 44.5. The van der Waals surface area contributed by atoms with E-state index in [4.69, 9.17) is 23.6 Å². The summed E-state index contributed by atoms with van der Waals surface area (Å²) >= 11 is 0. The summed E-state index contributed by atoms with van der Waals surface area (Å²) in [6, 6.07) is 0. The summed E-state index contributed by atoms with van der Waals surface area (Å²) in [6.45, 7) is 2.28. The van der Waals surface area contributed by atoms with Gasteiger partial charge in [0.25, 0.3) is 0 Å². The number of aliphatic hydroxyl groups excluding tert-OH is 1. The molecule has 0 amide bonds. The number of likely N-dealkylation sites (N-methyl/N-ethyl adjacent to an activating group) is 1. The first kappa shape index (κ1) is 56.1. The second-order valence-electron chi connectivity index (χ2n) is 15.8. The normalized spacial score (nSPS) is 14.3. The number of quaternary nitrogens is 1. The number of nitrogens with zero attached hydrogens (tertiary/aromatic N) is 1. The van der Waals surface area contributed by atoms with Crippen molar-refractivity contribution in [1.82, 2.24) is 0 Å². The van der Waals surface area contributed by atoms with Gasteiger partial charge in [0.2, 0.25) is 0 Å². The standard InChI is InChI=1S/C48H82NO9P/c1-5-6-7-8-9-10-11-12-13-15-18-21-24-27-30-33-36-39-47(51)55-44-46(45-57-59(53,54)56-43-41-49(2,3)4)58-48(52)40-37-34-31-28-25-22-19-16-14-17-20-23-26-29-32-35-38-42-50/h9-10,12-14,17-19,21-23,26,28,31,46,50H,5-8,11,15-16,20,24-25,27,29-30,32-45H2,1-4H3/p+1/b10-9-,13-12-,17-14-,21-18-,22-19-,26-23-,31-28-/t46-/m1/s1. The van der Waals surface area contributed by atoms with E-state index in [2.05, 4.69) is 85.9 Å². The molecule has 2 atom stereocenters. The number of rotatable bonds is 40. The van der Waals surface area contributed by atoms with Crippen LogP contribution in [0.25, 0.3) is 0 Å². The van der Waals surface area contributed by atoms with Crippen LogP contribution in [0.5, 0.6) is 0 Å². The van der Waals surface area contributed by atoms with E-state index in [1.165, 1.54) is 25.7 Å². The number of hydrogen-bond acceptors (Lipinski definition) is 8. The monoisotopic (exact) mass is 849 g/mol. The van der Waals surface area contributed by atoms with Crippen molar-refractivity contribution in [2.45, 2.75) is 154 Å². The zero-order chi connectivity index (χ0) is 43.6. The first-order valence-corrected chi connectivity index (χ1v) is 23.9. The fraction of sp³-hybridized carbons (Fsp3) is 0.667. The smallest absolute Gasteiger partial charge is 0.462 e. The van der Waals surface area contributed by atoms with Crippen LogP contribution in [0.1, 0.15) is 148 Å². The number of aliphatic hydroxyl groups is 1. The van der Waals surface area contributed by atoms with E-state index in [0.29, 0.717) is 30.3 Å². The van der Waals surface area contributed by atoms with E-state index in [9.17, 15) is 19.0 Å². The Hall–Kier alpha value is -2.85. The Labute approximate surface area is 359 Å². The number of ether oxygens (including phenoxy) is 2. The fourth-order valence-corrected chi connectivity index (χ4v) is 6.14. The SMILES string of the molecule is CCCCC/C=C\C/C=C\C/C=C\CCCCCCC(=O)OC[C@H](COP(=O)(O)OCC[N+](C)(C)C)OC(=O)CCC/C=C\C/C=C\C/C=C\C/C=C\CCCCCO. The van der Waals surface area contributed by atoms with Gasteiger partial charge in [-0.3, -0.25) is 18.6 Å². The van der Waals surface area contributed by atoms with Gasteiger partial charge in [-0.2, -0.15) is 0 Å². The van der Waals surface area contributed by atoms with Crippen LogP contribution in [0, 0.1) is 0 Å². The minimum absolute atomic E-state index is 0.00804. The molecule has 0 aromatic heterocycles. The zero-order valence-electron chi connectivity index (χ0n) is 37.4. The second kappa shape index (κ2) is 40.6. The summed E-state index contributed by atoms with van der Waals surface area (Å²) in [5.74, 6) is -0.912. The molecule has 10 nitrogen and oxygen atoms in total. The lowest BCUT2D eigenvalue weighted by molar-refractivity contribution is -0.870. The van der Waals surface area contributed by atoms with Gasteiger partial charge < -0.3 is 24.0 Å². The fourth-order valence-electron chi connectivity index (χ4n) is 5.40. The molecule has 0 fully saturated rings. The van der Waals surface area contributed by atoms with Crippen LogP contribution in [0.15, 0.2) is 85.1 Å². The number of phosphoric acid groups is 1. The van der Waals surface area contributed by atoms with Gasteiger partial charge in [-0.05, 0) is 96.3 Å². The predicted molar refractivity (Wildman–Crippen MR) is 244 cm³/mol. The number of unbranched alkanes of at least 4 members (excludes halogenated alkanes) is 11. The molecule has 0 rings (SSSR count). The molecule has 0 bridgehead atoms. The van der Waals surface area contributed by atoms with Crippen LogP contribution in [0.2, 0.25) is 0 Å². The van der Waals surface area contributed by atoms with E-state index < -0.39 is 32.5 Å². The first-order valence-electron chi connectivity index (χ1n) is 22.4. The Balaban J connectivity index is 4.50. The molecule has 0 aliphatic carbocycles. The molecule has 0 heterocycles. The molecule has 0 spiro atoms. The molecule has 2 N–H and O–H groups in total. The summed E-state index contributed by atoms with van der Waals surface area (Å²) in [4.78, 5) is 35.4. The summed E-state index contributed by atoms with van der Waals surface area (Å²) in [5.41, 5.74) is 0. The lowest BCUT2D eigenvalue weighted by Crippen LogP contribution is -2.37. The third-order valence-corrected chi connectivity index (χ3v) is 9.94. The molecule has 59 heavy (non-hydrogen) atoms. The molecule has 0 saturated carbocycles. The van der Waals surface area contributed by atoms with E-state index in [-0.39, 0.29) is 32.7 Å². The van der Waals surface area contributed by atoms with Crippen molar-refractivity contribution in [2.24, 2.45) is 0 Å². The highest BCUT2D eigenvalue weighted by molar-refractivity contribution is 7.47. The number of phosphoric ester groups is 1. The highest BCUT2D eigenvalue weighted by Gasteiger charge is 2.27. The quantitative estimate of drug-likeness (QED) is 0.0204. The summed E-state index contributed by atoms with van der Waals surface area (Å²) in [7, 11) is 1.40. The first-order chi connectivity index (χ1) is 28.5. The molecule has 0 aromatic carbocycles. The van der Waals surface area contributed by atoms with Crippen molar-refractivity contribution >= 4 is 19.8 Å². The molecule has 0 aromatic rings. The van der Waals surface area contributed by atoms with E-state index in [1.54, 1.807) is 0 Å². The van der Waals surface area contributed by atoms with Crippen LogP contribution < -0.4 is 0 Å². The van der Waals surface area contributed by atoms with Crippen molar-refractivity contribution in [3.8, 4) is 0 Å². The Morgan fingerprint density at radius 1 is 0.559 bits per heavy atom. The maximum Gasteiger partial charge on any atom is 0.472 e. The number of carbonyl (C=O) groups excluding carboxylic acids is 2. The summed E-state index contributed by atoms with van der Waals surface area (Å²) < 4.78 is 34.2. The number of allylic oxidation sites excluding steroid dienone is 14. The maximum absolute atomic E-state index is 12.7. The molecule has 0 radical (unpaired) electrons. The van der Waals surface area contributed by atoms with Gasteiger partial charge >= 0.3 is 19.8 Å². The molecule has 1 unspecified atom stereocenters. The van der Waals surface area contributed by atoms with Gasteiger partial charge in [-0.1, -0.05) is 124 Å². The molecule has 11 heteroatoms. The van der Waals surface area contributed by atoms with Crippen molar-refractivity contribution in [3.63, 3.8) is 0 Å². The topological polar surface area (TPSA) is 129 Å². The van der Waals surface area contributed by atoms with Gasteiger partial charge in [-0.25, -0.2) is 4.57 Å². The number of hydrogen-bond donors (Lipinski definition) is 2.